The van der Waals surface area contributed by atoms with Gasteiger partial charge >= 0.3 is 0 Å². The maximum Gasteiger partial charge on any atom is 0.235 e. The van der Waals surface area contributed by atoms with Gasteiger partial charge in [0, 0.05) is 24.8 Å². The molecule has 5 rings (SSSR count). The third kappa shape index (κ3) is 2.55. The van der Waals surface area contributed by atoms with Crippen molar-refractivity contribution < 1.29 is 9.90 Å². The Labute approximate surface area is 166 Å². The van der Waals surface area contributed by atoms with Crippen molar-refractivity contribution in [3.05, 3.63) is 65.2 Å². The molecule has 0 bridgehead atoms. The van der Waals surface area contributed by atoms with Crippen LogP contribution in [0.5, 0.6) is 0 Å². The monoisotopic (exact) mass is 376 g/mol. The third-order valence-corrected chi connectivity index (χ3v) is 7.39. The van der Waals surface area contributed by atoms with Gasteiger partial charge in [0.15, 0.2) is 0 Å². The lowest BCUT2D eigenvalue weighted by atomic mass is 9.67. The van der Waals surface area contributed by atoms with E-state index in [1.54, 1.807) is 0 Å². The minimum atomic E-state index is -0.252. The summed E-state index contributed by atoms with van der Waals surface area (Å²) in [7, 11) is 0. The third-order valence-electron chi connectivity index (χ3n) is 7.39. The van der Waals surface area contributed by atoms with E-state index in [1.165, 1.54) is 16.7 Å². The number of para-hydroxylation sites is 1. The lowest BCUT2D eigenvalue weighted by Crippen LogP contribution is -2.75. The normalized spacial score (nSPS) is 26.4. The lowest BCUT2D eigenvalue weighted by molar-refractivity contribution is -0.140. The molecule has 0 aromatic heterocycles. The van der Waals surface area contributed by atoms with Gasteiger partial charge in [-0.3, -0.25) is 9.69 Å². The van der Waals surface area contributed by atoms with Crippen molar-refractivity contribution in [2.45, 2.75) is 44.2 Å². The molecule has 2 aromatic rings. The van der Waals surface area contributed by atoms with E-state index in [9.17, 15) is 9.90 Å². The summed E-state index contributed by atoms with van der Waals surface area (Å²) in [6, 6.07) is 17.2. The number of fused-ring (bicyclic) bond motifs is 1. The fourth-order valence-electron chi connectivity index (χ4n) is 5.82. The lowest BCUT2D eigenvalue weighted by Gasteiger charge is -2.60. The summed E-state index contributed by atoms with van der Waals surface area (Å²) in [6.07, 6.45) is 4.14. The van der Waals surface area contributed by atoms with Gasteiger partial charge in [0.25, 0.3) is 0 Å². The Hall–Kier alpha value is -2.17. The minimum Gasteiger partial charge on any atom is -0.395 e. The highest BCUT2D eigenvalue weighted by Crippen LogP contribution is 2.48. The summed E-state index contributed by atoms with van der Waals surface area (Å²) >= 11 is 0. The minimum absolute atomic E-state index is 0.0454. The molecule has 0 saturated carbocycles. The Morgan fingerprint density at radius 2 is 1.79 bits per heavy atom. The predicted octanol–water partition coefficient (Wildman–Crippen LogP) is 2.95. The quantitative estimate of drug-likeness (QED) is 0.838. The number of carbonyl (C=O) groups excluding carboxylic acids is 1. The van der Waals surface area contributed by atoms with Gasteiger partial charge in [-0.15, -0.1) is 0 Å². The Morgan fingerprint density at radius 3 is 2.46 bits per heavy atom. The molecule has 2 aromatic carbocycles. The number of β-lactam (4-membered cyclic amide) rings is 1. The van der Waals surface area contributed by atoms with Gasteiger partial charge < -0.3 is 10.0 Å². The summed E-state index contributed by atoms with van der Waals surface area (Å²) in [5.74, 6) is -0.177. The van der Waals surface area contributed by atoms with Gasteiger partial charge in [0.05, 0.1) is 18.1 Å². The average Bonchev–Trinajstić information content (AvgIpc) is 3.15. The number of benzene rings is 2. The zero-order valence-corrected chi connectivity index (χ0v) is 16.5. The number of amides is 1. The van der Waals surface area contributed by atoms with Crippen molar-refractivity contribution in [3.63, 3.8) is 0 Å². The highest BCUT2D eigenvalue weighted by molar-refractivity contribution is 6.05. The van der Waals surface area contributed by atoms with Crippen molar-refractivity contribution in [1.29, 1.82) is 0 Å². The molecule has 1 aliphatic carbocycles. The van der Waals surface area contributed by atoms with Crippen LogP contribution in [0.15, 0.2) is 48.5 Å². The second kappa shape index (κ2) is 6.71. The molecule has 4 nitrogen and oxygen atoms in total. The molecule has 28 heavy (non-hydrogen) atoms. The molecule has 3 aliphatic rings. The molecule has 1 amide bonds. The number of nitrogens with zero attached hydrogens (tertiary/aromatic N) is 2. The molecular formula is C24H28N2O2. The predicted molar refractivity (Wildman–Crippen MR) is 110 cm³/mol. The maximum atomic E-state index is 12.7. The molecule has 1 N–H and O–H groups in total. The molecule has 2 saturated heterocycles. The van der Waals surface area contributed by atoms with E-state index >= 15 is 0 Å². The number of aryl methyl sites for hydroxylation is 1. The van der Waals surface area contributed by atoms with Crippen LogP contribution in [-0.2, 0) is 17.6 Å². The van der Waals surface area contributed by atoms with E-state index in [0.29, 0.717) is 6.04 Å². The number of hydrogen-bond donors (Lipinski definition) is 1. The molecule has 2 fully saturated rings. The van der Waals surface area contributed by atoms with Crippen LogP contribution >= 0.6 is 0 Å². The Balaban J connectivity index is 1.33. The number of likely N-dealkylation sites (tertiary alicyclic amines) is 1. The van der Waals surface area contributed by atoms with E-state index in [1.807, 2.05) is 35.2 Å². The highest BCUT2D eigenvalue weighted by atomic mass is 16.3. The molecule has 0 unspecified atom stereocenters. The van der Waals surface area contributed by atoms with E-state index in [2.05, 4.69) is 30.0 Å². The topological polar surface area (TPSA) is 43.8 Å². The summed E-state index contributed by atoms with van der Waals surface area (Å²) in [4.78, 5) is 17.3. The molecular weight excluding hydrogens is 348 g/mol. The van der Waals surface area contributed by atoms with Crippen LogP contribution in [0, 0.1) is 12.8 Å². The van der Waals surface area contributed by atoms with Gasteiger partial charge in [-0.25, -0.2) is 0 Å². The molecule has 2 aliphatic heterocycles. The van der Waals surface area contributed by atoms with Crippen LogP contribution in [0.1, 0.15) is 29.5 Å². The molecule has 4 heteroatoms. The molecule has 2 atom stereocenters. The summed E-state index contributed by atoms with van der Waals surface area (Å²) in [6.45, 7) is 4.15. The van der Waals surface area contributed by atoms with Gasteiger partial charge in [-0.1, -0.05) is 36.4 Å². The number of aliphatic hydroxyl groups excluding tert-OH is 1. The number of aliphatic hydroxyl groups is 1. The number of carbonyl (C=O) groups is 1. The first-order valence-electron chi connectivity index (χ1n) is 10.5. The molecule has 1 spiro atoms. The second-order valence-electron chi connectivity index (χ2n) is 8.66. The second-order valence-corrected chi connectivity index (χ2v) is 8.66. The Bertz CT molecular complexity index is 887. The maximum absolute atomic E-state index is 12.7. The Morgan fingerprint density at radius 1 is 1.04 bits per heavy atom. The van der Waals surface area contributed by atoms with Gasteiger partial charge in [-0.2, -0.15) is 0 Å². The molecule has 0 radical (unpaired) electrons. The van der Waals surface area contributed by atoms with Crippen molar-refractivity contribution in [1.82, 2.24) is 4.90 Å². The summed E-state index contributed by atoms with van der Waals surface area (Å²) < 4.78 is 0. The summed E-state index contributed by atoms with van der Waals surface area (Å²) in [5.41, 5.74) is 5.20. The van der Waals surface area contributed by atoms with Gasteiger partial charge in [0.2, 0.25) is 5.91 Å². The van der Waals surface area contributed by atoms with Crippen molar-refractivity contribution in [2.75, 3.05) is 24.6 Å². The largest absolute Gasteiger partial charge is 0.395 e. The number of hydrogen-bond acceptors (Lipinski definition) is 3. The summed E-state index contributed by atoms with van der Waals surface area (Å²) in [5, 5.41) is 9.90. The van der Waals surface area contributed by atoms with Crippen molar-refractivity contribution >= 4 is 11.6 Å². The Kier molecular flexibility index (Phi) is 4.29. The molecule has 2 heterocycles. The number of piperidine rings is 1. The molecule has 146 valence electrons. The smallest absolute Gasteiger partial charge is 0.235 e. The van der Waals surface area contributed by atoms with Crippen molar-refractivity contribution in [2.24, 2.45) is 5.92 Å². The van der Waals surface area contributed by atoms with Crippen LogP contribution in [0.2, 0.25) is 0 Å². The average molecular weight is 377 g/mol. The first-order valence-corrected chi connectivity index (χ1v) is 10.5. The fraction of sp³-hybridized carbons (Fsp3) is 0.458. The first kappa shape index (κ1) is 17.9. The fourth-order valence-corrected chi connectivity index (χ4v) is 5.82. The number of anilines is 1. The van der Waals surface area contributed by atoms with Crippen molar-refractivity contribution in [3.8, 4) is 0 Å². The highest BCUT2D eigenvalue weighted by Gasteiger charge is 2.60. The SMILES string of the molecule is Cc1cccc2c1C[C@H](N1CCC3(CC1)[C@H](CO)C(=O)N3c1ccccc1)C2. The van der Waals surface area contributed by atoms with E-state index in [4.69, 9.17) is 0 Å². The van der Waals surface area contributed by atoms with E-state index in [-0.39, 0.29) is 24.0 Å². The van der Waals surface area contributed by atoms with Gasteiger partial charge in [-0.05, 0) is 61.4 Å². The zero-order chi connectivity index (χ0) is 19.3. The van der Waals surface area contributed by atoms with E-state index in [0.717, 1.165) is 44.5 Å². The first-order chi connectivity index (χ1) is 13.6. The van der Waals surface area contributed by atoms with E-state index < -0.39 is 0 Å². The van der Waals surface area contributed by atoms with Crippen LogP contribution in [0.25, 0.3) is 0 Å². The van der Waals surface area contributed by atoms with Gasteiger partial charge in [0.1, 0.15) is 0 Å². The van der Waals surface area contributed by atoms with Crippen LogP contribution in [-0.4, -0.2) is 47.2 Å². The van der Waals surface area contributed by atoms with Crippen LogP contribution in [0.4, 0.5) is 5.69 Å². The zero-order valence-electron chi connectivity index (χ0n) is 16.5. The standard InChI is InChI=1S/C24H28N2O2/c1-17-6-5-7-18-14-20(15-21(17)18)25-12-10-24(11-13-25)22(16-27)23(28)26(24)19-8-3-2-4-9-19/h2-9,20,22,27H,10-16H2,1H3/t20-,22-/m1/s1. The van der Waals surface area contributed by atoms with Crippen LogP contribution < -0.4 is 4.90 Å². The number of rotatable bonds is 3. The van der Waals surface area contributed by atoms with Crippen LogP contribution in [0.3, 0.4) is 0 Å².